The first-order chi connectivity index (χ1) is 7.50. The van der Waals surface area contributed by atoms with Gasteiger partial charge < -0.3 is 9.99 Å². The molecule has 16 heavy (non-hydrogen) atoms. The average Bonchev–Trinajstić information content (AvgIpc) is 2.19. The van der Waals surface area contributed by atoms with Gasteiger partial charge in [-0.3, -0.25) is 4.79 Å². The minimum absolute atomic E-state index is 0.299. The number of aromatic amines is 1. The molecule has 2 rings (SSSR count). The Morgan fingerprint density at radius 3 is 2.56 bits per heavy atom. The van der Waals surface area contributed by atoms with Crippen LogP contribution in [0.5, 0.6) is 0 Å². The van der Waals surface area contributed by atoms with Gasteiger partial charge in [-0.1, -0.05) is 11.6 Å². The third-order valence-electron chi connectivity index (χ3n) is 2.43. The molecule has 0 aliphatic heterocycles. The zero-order valence-corrected chi connectivity index (χ0v) is 9.44. The summed E-state index contributed by atoms with van der Waals surface area (Å²) in [6.07, 6.45) is 0. The number of hydrogen-bond donors (Lipinski definition) is 1. The fraction of sp³-hybridized carbons (Fsp3) is 0.273. The normalized spacial score (nSPS) is 10.7. The van der Waals surface area contributed by atoms with Crippen molar-refractivity contribution in [1.29, 1.82) is 0 Å². The van der Waals surface area contributed by atoms with Gasteiger partial charge in [-0.05, 0) is 19.1 Å². The van der Waals surface area contributed by atoms with Crippen molar-refractivity contribution in [2.45, 2.75) is 6.92 Å². The van der Waals surface area contributed by atoms with E-state index in [1.165, 1.54) is 5.01 Å². The van der Waals surface area contributed by atoms with Gasteiger partial charge in [0.1, 0.15) is 0 Å². The quantitative estimate of drug-likeness (QED) is 0.745. The second kappa shape index (κ2) is 3.52. The van der Waals surface area contributed by atoms with Crippen molar-refractivity contribution >= 4 is 10.9 Å². The second-order valence-electron chi connectivity index (χ2n) is 3.94. The molecule has 0 aliphatic rings. The van der Waals surface area contributed by atoms with E-state index in [1.54, 1.807) is 26.2 Å². The molecule has 5 heteroatoms. The van der Waals surface area contributed by atoms with Gasteiger partial charge in [0.15, 0.2) is 0 Å². The van der Waals surface area contributed by atoms with Crippen LogP contribution < -0.4 is 16.3 Å². The Balaban J connectivity index is 2.97. The summed E-state index contributed by atoms with van der Waals surface area (Å²) in [4.78, 5) is 26.4. The Morgan fingerprint density at radius 2 is 1.94 bits per heavy atom. The van der Waals surface area contributed by atoms with E-state index in [0.29, 0.717) is 10.9 Å². The fourth-order valence-corrected chi connectivity index (χ4v) is 1.68. The molecule has 0 atom stereocenters. The predicted octanol–water partition coefficient (Wildman–Crippen LogP) is 0.196. The summed E-state index contributed by atoms with van der Waals surface area (Å²) < 4.78 is 1.07. The predicted molar refractivity (Wildman–Crippen MR) is 63.6 cm³/mol. The minimum atomic E-state index is -0.425. The number of H-pyrrole nitrogens is 1. The summed E-state index contributed by atoms with van der Waals surface area (Å²) in [6, 6.07) is 5.37. The van der Waals surface area contributed by atoms with E-state index >= 15 is 0 Å². The highest BCUT2D eigenvalue weighted by atomic mass is 16.2. The largest absolute Gasteiger partial charge is 0.347 e. The summed E-state index contributed by atoms with van der Waals surface area (Å²) in [7, 11) is 3.30. The van der Waals surface area contributed by atoms with Crippen LogP contribution in [0.4, 0.5) is 0 Å². The van der Waals surface area contributed by atoms with Gasteiger partial charge in [0.25, 0.3) is 5.56 Å². The summed E-state index contributed by atoms with van der Waals surface area (Å²) in [5, 5.41) is 1.98. The average molecular weight is 219 g/mol. The second-order valence-corrected chi connectivity index (χ2v) is 3.94. The van der Waals surface area contributed by atoms with Crippen molar-refractivity contribution in [3.63, 3.8) is 0 Å². The summed E-state index contributed by atoms with van der Waals surface area (Å²) in [5.41, 5.74) is 0.833. The first-order valence-corrected chi connectivity index (χ1v) is 4.94. The molecule has 0 aliphatic carbocycles. The summed E-state index contributed by atoms with van der Waals surface area (Å²) in [6.45, 7) is 1.91. The molecule has 1 N–H and O–H groups in total. The number of benzene rings is 1. The maximum atomic E-state index is 12.0. The highest BCUT2D eigenvalue weighted by Crippen LogP contribution is 2.07. The maximum Gasteiger partial charge on any atom is 0.347 e. The van der Waals surface area contributed by atoms with Gasteiger partial charge >= 0.3 is 5.69 Å². The van der Waals surface area contributed by atoms with Crippen LogP contribution in [0.15, 0.2) is 27.8 Å². The molecule has 1 aromatic heterocycles. The van der Waals surface area contributed by atoms with E-state index in [-0.39, 0.29) is 5.56 Å². The lowest BCUT2D eigenvalue weighted by molar-refractivity contribution is 0.661. The number of rotatable bonds is 1. The van der Waals surface area contributed by atoms with E-state index in [1.807, 2.05) is 13.0 Å². The molecule has 2 aromatic rings. The van der Waals surface area contributed by atoms with Crippen LogP contribution in [-0.4, -0.2) is 23.8 Å². The smallest absolute Gasteiger partial charge is 0.312 e. The van der Waals surface area contributed by atoms with E-state index in [9.17, 15) is 9.59 Å². The number of hydrogen-bond acceptors (Lipinski definition) is 3. The lowest BCUT2D eigenvalue weighted by atomic mass is 10.2. The zero-order valence-electron chi connectivity index (χ0n) is 9.44. The van der Waals surface area contributed by atoms with Crippen LogP contribution in [0.2, 0.25) is 0 Å². The molecule has 0 radical (unpaired) electrons. The van der Waals surface area contributed by atoms with Crippen molar-refractivity contribution in [3.8, 4) is 0 Å². The van der Waals surface area contributed by atoms with E-state index in [2.05, 4.69) is 4.98 Å². The maximum absolute atomic E-state index is 12.0. The van der Waals surface area contributed by atoms with Crippen LogP contribution in [0.3, 0.4) is 0 Å². The molecule has 0 bridgehead atoms. The number of nitrogens with zero attached hydrogens (tertiary/aromatic N) is 2. The summed E-state index contributed by atoms with van der Waals surface area (Å²) >= 11 is 0. The summed E-state index contributed by atoms with van der Waals surface area (Å²) in [5.74, 6) is 0. The zero-order chi connectivity index (χ0) is 11.9. The Hall–Kier alpha value is -2.04. The monoisotopic (exact) mass is 219 g/mol. The van der Waals surface area contributed by atoms with Crippen LogP contribution >= 0.6 is 0 Å². The molecular weight excluding hydrogens is 206 g/mol. The Kier molecular flexibility index (Phi) is 2.30. The third kappa shape index (κ3) is 1.50. The van der Waals surface area contributed by atoms with E-state index in [0.717, 1.165) is 10.2 Å². The highest BCUT2D eigenvalue weighted by Gasteiger charge is 2.08. The van der Waals surface area contributed by atoms with Gasteiger partial charge in [0.05, 0.1) is 10.9 Å². The molecule has 0 fully saturated rings. The van der Waals surface area contributed by atoms with Crippen LogP contribution in [-0.2, 0) is 0 Å². The van der Waals surface area contributed by atoms with E-state index in [4.69, 9.17) is 0 Å². The minimum Gasteiger partial charge on any atom is -0.312 e. The van der Waals surface area contributed by atoms with E-state index < -0.39 is 5.69 Å². The molecule has 1 heterocycles. The molecule has 0 spiro atoms. The Bertz CT molecular complexity index is 652. The molecule has 5 nitrogen and oxygen atoms in total. The van der Waals surface area contributed by atoms with Gasteiger partial charge in [0.2, 0.25) is 0 Å². The van der Waals surface area contributed by atoms with Crippen molar-refractivity contribution in [1.82, 2.24) is 9.66 Å². The number of fused-ring (bicyclic) bond motifs is 1. The first-order valence-electron chi connectivity index (χ1n) is 4.94. The molecule has 0 amide bonds. The van der Waals surface area contributed by atoms with Gasteiger partial charge in [-0.2, -0.15) is 4.68 Å². The molecule has 0 saturated carbocycles. The van der Waals surface area contributed by atoms with Crippen LogP contribution in [0, 0.1) is 6.92 Å². The number of aromatic nitrogens is 2. The fourth-order valence-electron chi connectivity index (χ4n) is 1.68. The van der Waals surface area contributed by atoms with Crippen molar-refractivity contribution in [2.24, 2.45) is 0 Å². The molecule has 0 saturated heterocycles. The molecule has 0 unspecified atom stereocenters. The molecule has 84 valence electrons. The Morgan fingerprint density at radius 1 is 1.25 bits per heavy atom. The number of nitrogens with one attached hydrogen (secondary N) is 1. The topological polar surface area (TPSA) is 58.1 Å². The van der Waals surface area contributed by atoms with Gasteiger partial charge in [-0.25, -0.2) is 4.79 Å². The lowest BCUT2D eigenvalue weighted by Crippen LogP contribution is -2.46. The third-order valence-corrected chi connectivity index (χ3v) is 2.43. The first kappa shape index (κ1) is 10.5. The Labute approximate surface area is 91.9 Å². The number of aryl methyl sites for hydroxylation is 1. The molecular formula is C11H13N3O2. The van der Waals surface area contributed by atoms with Crippen LogP contribution in [0.1, 0.15) is 5.56 Å². The standard InChI is InChI=1S/C11H13N3O2/c1-7-4-5-9-8(6-7)10(15)14(13(2)3)11(16)12-9/h4-6H,1-3H3,(H,12,16). The van der Waals surface area contributed by atoms with Crippen molar-refractivity contribution in [2.75, 3.05) is 19.1 Å². The molecule has 1 aromatic carbocycles. The highest BCUT2D eigenvalue weighted by molar-refractivity contribution is 5.77. The van der Waals surface area contributed by atoms with Gasteiger partial charge in [-0.15, -0.1) is 0 Å². The van der Waals surface area contributed by atoms with Crippen molar-refractivity contribution in [3.05, 3.63) is 44.6 Å². The lowest BCUT2D eigenvalue weighted by Gasteiger charge is -2.14. The van der Waals surface area contributed by atoms with Crippen LogP contribution in [0.25, 0.3) is 10.9 Å². The SMILES string of the molecule is Cc1ccc2[nH]c(=O)n(N(C)C)c(=O)c2c1. The van der Waals surface area contributed by atoms with Crippen molar-refractivity contribution < 1.29 is 0 Å². The van der Waals surface area contributed by atoms with Gasteiger partial charge in [0, 0.05) is 14.1 Å².